The third-order valence-electron chi connectivity index (χ3n) is 4.20. The van der Waals surface area contributed by atoms with Crippen molar-refractivity contribution < 1.29 is 19.1 Å². The number of pyridine rings is 1. The summed E-state index contributed by atoms with van der Waals surface area (Å²) in [4.78, 5) is 28.9. The van der Waals surface area contributed by atoms with Crippen LogP contribution >= 0.6 is 0 Å². The normalized spacial score (nSPS) is 10.1. The molecule has 0 unspecified atom stereocenters. The van der Waals surface area contributed by atoms with E-state index in [9.17, 15) is 9.59 Å². The lowest BCUT2D eigenvalue weighted by atomic mass is 10.1. The number of nitrogens with one attached hydrogen (secondary N) is 2. The molecule has 29 heavy (non-hydrogen) atoms. The Morgan fingerprint density at radius 2 is 1.55 bits per heavy atom. The molecule has 0 aliphatic rings. The van der Waals surface area contributed by atoms with Crippen LogP contribution in [-0.2, 0) is 6.54 Å². The predicted molar refractivity (Wildman–Crippen MR) is 109 cm³/mol. The standard InChI is InChI=1S/C22H21N3O4/c1-28-19-9-8-15(10-20(19)29-2)12-24-21(26)16-11-17(14-23-13-16)22(27)25-18-6-4-3-5-7-18/h3-11,13-14H,12H2,1-2H3,(H,24,26)(H,25,27). The van der Waals surface area contributed by atoms with Gasteiger partial charge in [0.25, 0.3) is 11.8 Å². The van der Waals surface area contributed by atoms with Crippen LogP contribution in [-0.4, -0.2) is 31.0 Å². The van der Waals surface area contributed by atoms with Gasteiger partial charge in [-0.15, -0.1) is 0 Å². The molecular weight excluding hydrogens is 370 g/mol. The SMILES string of the molecule is COc1ccc(CNC(=O)c2cncc(C(=O)Nc3ccccc3)c2)cc1OC. The highest BCUT2D eigenvalue weighted by atomic mass is 16.5. The molecule has 0 spiro atoms. The number of para-hydroxylation sites is 1. The van der Waals surface area contributed by atoms with Gasteiger partial charge in [-0.25, -0.2) is 0 Å². The van der Waals surface area contributed by atoms with Crippen molar-refractivity contribution in [1.82, 2.24) is 10.3 Å². The largest absolute Gasteiger partial charge is 0.493 e. The minimum absolute atomic E-state index is 0.291. The lowest BCUT2D eigenvalue weighted by molar-refractivity contribution is 0.0950. The predicted octanol–water partition coefficient (Wildman–Crippen LogP) is 3.28. The molecule has 0 radical (unpaired) electrons. The quantitative estimate of drug-likeness (QED) is 0.645. The number of ether oxygens (including phenoxy) is 2. The van der Waals surface area contributed by atoms with Crippen molar-refractivity contribution >= 4 is 17.5 Å². The topological polar surface area (TPSA) is 89.5 Å². The van der Waals surface area contributed by atoms with Crippen LogP contribution in [0.2, 0.25) is 0 Å². The van der Waals surface area contributed by atoms with E-state index >= 15 is 0 Å². The van der Waals surface area contributed by atoms with Gasteiger partial charge in [0.05, 0.1) is 25.3 Å². The summed E-state index contributed by atoms with van der Waals surface area (Å²) in [7, 11) is 3.12. The Kier molecular flexibility index (Phi) is 6.42. The summed E-state index contributed by atoms with van der Waals surface area (Å²) in [6, 6.07) is 16.0. The molecule has 2 aromatic carbocycles. The zero-order valence-corrected chi connectivity index (χ0v) is 16.1. The molecule has 0 aliphatic carbocycles. The van der Waals surface area contributed by atoms with Crippen LogP contribution in [0, 0.1) is 0 Å². The van der Waals surface area contributed by atoms with Crippen LogP contribution in [0.15, 0.2) is 67.0 Å². The van der Waals surface area contributed by atoms with E-state index < -0.39 is 0 Å². The van der Waals surface area contributed by atoms with Gasteiger partial charge < -0.3 is 20.1 Å². The van der Waals surface area contributed by atoms with E-state index in [0.717, 1.165) is 5.56 Å². The fraction of sp³-hybridized carbons (Fsp3) is 0.136. The monoisotopic (exact) mass is 391 g/mol. The molecule has 1 heterocycles. The minimum Gasteiger partial charge on any atom is -0.493 e. The summed E-state index contributed by atoms with van der Waals surface area (Å²) in [5.41, 5.74) is 2.11. The number of carbonyl (C=O) groups is 2. The molecule has 0 fully saturated rings. The van der Waals surface area contributed by atoms with Gasteiger partial charge in [0.1, 0.15) is 0 Å². The van der Waals surface area contributed by atoms with Gasteiger partial charge in [0, 0.05) is 24.6 Å². The second-order valence-corrected chi connectivity index (χ2v) is 6.15. The maximum absolute atomic E-state index is 12.5. The summed E-state index contributed by atoms with van der Waals surface area (Å²) in [5.74, 6) is 0.532. The molecule has 2 amide bonds. The van der Waals surface area contributed by atoms with Gasteiger partial charge in [-0.1, -0.05) is 24.3 Å². The van der Waals surface area contributed by atoms with E-state index in [4.69, 9.17) is 9.47 Å². The van der Waals surface area contributed by atoms with E-state index in [1.54, 1.807) is 38.5 Å². The number of hydrogen-bond donors (Lipinski definition) is 2. The Hall–Kier alpha value is -3.87. The zero-order valence-electron chi connectivity index (χ0n) is 16.1. The average molecular weight is 391 g/mol. The molecule has 3 aromatic rings. The molecule has 148 valence electrons. The van der Waals surface area contributed by atoms with E-state index in [-0.39, 0.29) is 11.8 Å². The molecule has 3 rings (SSSR count). The van der Waals surface area contributed by atoms with Crippen LogP contribution in [0.5, 0.6) is 11.5 Å². The maximum Gasteiger partial charge on any atom is 0.257 e. The zero-order chi connectivity index (χ0) is 20.6. The number of hydrogen-bond acceptors (Lipinski definition) is 5. The molecule has 0 saturated heterocycles. The van der Waals surface area contributed by atoms with Crippen molar-refractivity contribution in [3.63, 3.8) is 0 Å². The summed E-state index contributed by atoms with van der Waals surface area (Å²) < 4.78 is 10.5. The number of nitrogens with zero attached hydrogens (tertiary/aromatic N) is 1. The van der Waals surface area contributed by atoms with E-state index in [0.29, 0.717) is 34.9 Å². The van der Waals surface area contributed by atoms with Gasteiger partial charge in [-0.3, -0.25) is 14.6 Å². The number of benzene rings is 2. The highest BCUT2D eigenvalue weighted by molar-refractivity contribution is 6.05. The Bertz CT molecular complexity index is 1010. The van der Waals surface area contributed by atoms with Crippen LogP contribution in [0.25, 0.3) is 0 Å². The van der Waals surface area contributed by atoms with Crippen LogP contribution in [0.4, 0.5) is 5.69 Å². The third kappa shape index (κ3) is 5.10. The molecule has 0 saturated carbocycles. The Labute approximate surface area is 168 Å². The Morgan fingerprint density at radius 1 is 0.862 bits per heavy atom. The van der Waals surface area contributed by atoms with Crippen molar-refractivity contribution in [3.8, 4) is 11.5 Å². The number of anilines is 1. The van der Waals surface area contributed by atoms with E-state index in [2.05, 4.69) is 15.6 Å². The fourth-order valence-electron chi connectivity index (χ4n) is 2.69. The van der Waals surface area contributed by atoms with Crippen LogP contribution in [0.1, 0.15) is 26.3 Å². The number of carbonyl (C=O) groups excluding carboxylic acids is 2. The van der Waals surface area contributed by atoms with Gasteiger partial charge in [0.15, 0.2) is 11.5 Å². The molecule has 7 heteroatoms. The molecule has 0 atom stereocenters. The second kappa shape index (κ2) is 9.36. The number of rotatable bonds is 7. The summed E-state index contributed by atoms with van der Waals surface area (Å²) in [6.07, 6.45) is 2.84. The lowest BCUT2D eigenvalue weighted by Crippen LogP contribution is -2.23. The molecular formula is C22H21N3O4. The van der Waals surface area contributed by atoms with Crippen molar-refractivity contribution in [1.29, 1.82) is 0 Å². The molecule has 0 bridgehead atoms. The number of methoxy groups -OCH3 is 2. The maximum atomic E-state index is 12.5. The molecule has 0 aliphatic heterocycles. The van der Waals surface area contributed by atoms with Crippen molar-refractivity contribution in [2.45, 2.75) is 6.54 Å². The summed E-state index contributed by atoms with van der Waals surface area (Å²) in [5, 5.41) is 5.58. The fourth-order valence-corrected chi connectivity index (χ4v) is 2.69. The Balaban J connectivity index is 1.65. The summed E-state index contributed by atoms with van der Waals surface area (Å²) >= 11 is 0. The van der Waals surface area contributed by atoms with Crippen LogP contribution in [0.3, 0.4) is 0 Å². The van der Waals surface area contributed by atoms with Gasteiger partial charge in [0.2, 0.25) is 0 Å². The van der Waals surface area contributed by atoms with Crippen LogP contribution < -0.4 is 20.1 Å². The van der Waals surface area contributed by atoms with Gasteiger partial charge >= 0.3 is 0 Å². The first kappa shape index (κ1) is 19.9. The highest BCUT2D eigenvalue weighted by Gasteiger charge is 2.12. The second-order valence-electron chi connectivity index (χ2n) is 6.15. The minimum atomic E-state index is -0.335. The van der Waals surface area contributed by atoms with Crippen molar-refractivity contribution in [2.24, 2.45) is 0 Å². The van der Waals surface area contributed by atoms with Gasteiger partial charge in [-0.2, -0.15) is 0 Å². The van der Waals surface area contributed by atoms with E-state index in [1.165, 1.54) is 18.5 Å². The van der Waals surface area contributed by atoms with Gasteiger partial charge in [-0.05, 0) is 35.9 Å². The molecule has 7 nitrogen and oxygen atoms in total. The Morgan fingerprint density at radius 3 is 2.24 bits per heavy atom. The van der Waals surface area contributed by atoms with Crippen molar-refractivity contribution in [2.75, 3.05) is 19.5 Å². The van der Waals surface area contributed by atoms with E-state index in [1.807, 2.05) is 24.3 Å². The number of amides is 2. The lowest BCUT2D eigenvalue weighted by Gasteiger charge is -2.11. The first-order chi connectivity index (χ1) is 14.1. The summed E-state index contributed by atoms with van der Waals surface area (Å²) in [6.45, 7) is 0.291. The molecule has 2 N–H and O–H groups in total. The first-order valence-electron chi connectivity index (χ1n) is 8.91. The molecule has 1 aromatic heterocycles. The average Bonchev–Trinajstić information content (AvgIpc) is 2.78. The smallest absolute Gasteiger partial charge is 0.257 e. The third-order valence-corrected chi connectivity index (χ3v) is 4.20. The van der Waals surface area contributed by atoms with Crippen molar-refractivity contribution in [3.05, 3.63) is 83.7 Å². The first-order valence-corrected chi connectivity index (χ1v) is 8.91. The number of aromatic nitrogens is 1. The highest BCUT2D eigenvalue weighted by Crippen LogP contribution is 2.27.